The van der Waals surface area contributed by atoms with Gasteiger partial charge in [0.05, 0.1) is 13.0 Å². The number of esters is 1. The molecule has 1 aromatic heterocycles. The summed E-state index contributed by atoms with van der Waals surface area (Å²) in [5, 5.41) is 0.412. The van der Waals surface area contributed by atoms with Crippen LogP contribution in [0.2, 0.25) is 0 Å². The number of nitrogens with one attached hydrogen (secondary N) is 1. The molecule has 0 aliphatic carbocycles. The number of methoxy groups -OCH3 is 1. The molecule has 1 aliphatic rings. The molecule has 0 spiro atoms. The first-order valence-electron chi connectivity index (χ1n) is 7.24. The standard InChI is InChI=1S/C16H17FN2O3/c1-22-16(21)10-5-7-19(8-6-10)15(20)14-9-11-12(17)3-2-4-13(11)18-14/h2-4,9-10,18H,5-8H2,1H3. The third kappa shape index (κ3) is 2.56. The molecule has 116 valence electrons. The molecule has 0 saturated carbocycles. The minimum absolute atomic E-state index is 0.144. The average Bonchev–Trinajstić information content (AvgIpc) is 2.99. The second-order valence-corrected chi connectivity index (χ2v) is 5.47. The summed E-state index contributed by atoms with van der Waals surface area (Å²) in [5.41, 5.74) is 0.976. The molecule has 2 aromatic rings. The predicted molar refractivity (Wildman–Crippen MR) is 78.9 cm³/mol. The van der Waals surface area contributed by atoms with Crippen LogP contribution in [0.1, 0.15) is 23.3 Å². The highest BCUT2D eigenvalue weighted by Crippen LogP contribution is 2.23. The summed E-state index contributed by atoms with van der Waals surface area (Å²) in [5.74, 6) is -0.884. The van der Waals surface area contributed by atoms with Crippen molar-refractivity contribution in [2.75, 3.05) is 20.2 Å². The van der Waals surface area contributed by atoms with Crippen LogP contribution in [0.4, 0.5) is 4.39 Å². The van der Waals surface area contributed by atoms with Gasteiger partial charge >= 0.3 is 5.97 Å². The molecular formula is C16H17FN2O3. The molecule has 3 rings (SSSR count). The lowest BCUT2D eigenvalue weighted by atomic mass is 9.97. The minimum atomic E-state index is -0.350. The lowest BCUT2D eigenvalue weighted by molar-refractivity contribution is -0.146. The quantitative estimate of drug-likeness (QED) is 0.866. The molecule has 22 heavy (non-hydrogen) atoms. The maximum absolute atomic E-state index is 13.7. The molecule has 0 atom stereocenters. The topological polar surface area (TPSA) is 62.4 Å². The summed E-state index contributed by atoms with van der Waals surface area (Å²) in [6.07, 6.45) is 1.18. The number of amides is 1. The molecule has 0 radical (unpaired) electrons. The lowest BCUT2D eigenvalue weighted by Crippen LogP contribution is -2.40. The van der Waals surface area contributed by atoms with Crippen molar-refractivity contribution >= 4 is 22.8 Å². The molecule has 2 heterocycles. The van der Waals surface area contributed by atoms with Gasteiger partial charge in [0, 0.05) is 24.0 Å². The third-order valence-corrected chi connectivity index (χ3v) is 4.16. The molecule has 0 bridgehead atoms. The monoisotopic (exact) mass is 304 g/mol. The number of H-pyrrole nitrogens is 1. The number of hydrogen-bond donors (Lipinski definition) is 1. The van der Waals surface area contributed by atoms with E-state index >= 15 is 0 Å². The van der Waals surface area contributed by atoms with Crippen LogP contribution in [0.3, 0.4) is 0 Å². The van der Waals surface area contributed by atoms with Crippen LogP contribution in [-0.2, 0) is 9.53 Å². The summed E-state index contributed by atoms with van der Waals surface area (Å²) in [6, 6.07) is 6.24. The van der Waals surface area contributed by atoms with E-state index in [0.717, 1.165) is 0 Å². The Bertz CT molecular complexity index is 717. The van der Waals surface area contributed by atoms with Crippen LogP contribution in [0.5, 0.6) is 0 Å². The van der Waals surface area contributed by atoms with Crippen molar-refractivity contribution in [3.63, 3.8) is 0 Å². The first-order valence-corrected chi connectivity index (χ1v) is 7.24. The summed E-state index contributed by atoms with van der Waals surface area (Å²) in [7, 11) is 1.37. The van der Waals surface area contributed by atoms with Crippen LogP contribution in [0, 0.1) is 11.7 Å². The number of aromatic nitrogens is 1. The second kappa shape index (κ2) is 5.79. The van der Waals surface area contributed by atoms with Crippen molar-refractivity contribution in [1.29, 1.82) is 0 Å². The molecule has 1 fully saturated rings. The van der Waals surface area contributed by atoms with E-state index in [0.29, 0.717) is 42.5 Å². The van der Waals surface area contributed by atoms with Crippen molar-refractivity contribution < 1.29 is 18.7 Å². The number of halogens is 1. The van der Waals surface area contributed by atoms with Crippen molar-refractivity contribution in [2.24, 2.45) is 5.92 Å². The highest BCUT2D eigenvalue weighted by Gasteiger charge is 2.29. The van der Waals surface area contributed by atoms with E-state index in [1.165, 1.54) is 13.2 Å². The zero-order valence-corrected chi connectivity index (χ0v) is 12.3. The van der Waals surface area contributed by atoms with Crippen LogP contribution in [0.25, 0.3) is 10.9 Å². The normalized spacial score (nSPS) is 16.0. The molecule has 1 N–H and O–H groups in total. The number of rotatable bonds is 2. The van der Waals surface area contributed by atoms with Crippen molar-refractivity contribution in [1.82, 2.24) is 9.88 Å². The van der Waals surface area contributed by atoms with E-state index in [1.54, 1.807) is 23.1 Å². The average molecular weight is 304 g/mol. The smallest absolute Gasteiger partial charge is 0.308 e. The summed E-state index contributed by atoms with van der Waals surface area (Å²) < 4.78 is 18.4. The zero-order chi connectivity index (χ0) is 15.7. The van der Waals surface area contributed by atoms with Crippen LogP contribution in [0.15, 0.2) is 24.3 Å². The number of fused-ring (bicyclic) bond motifs is 1. The maximum Gasteiger partial charge on any atom is 0.308 e. The Kier molecular flexibility index (Phi) is 3.83. The van der Waals surface area contributed by atoms with Gasteiger partial charge in [-0.15, -0.1) is 0 Å². The molecular weight excluding hydrogens is 287 g/mol. The van der Waals surface area contributed by atoms with Crippen LogP contribution < -0.4 is 0 Å². The fraction of sp³-hybridized carbons (Fsp3) is 0.375. The van der Waals surface area contributed by atoms with Crippen LogP contribution >= 0.6 is 0 Å². The fourth-order valence-corrected chi connectivity index (χ4v) is 2.89. The Hall–Kier alpha value is -2.37. The van der Waals surface area contributed by atoms with Gasteiger partial charge in [0.1, 0.15) is 11.5 Å². The van der Waals surface area contributed by atoms with Gasteiger partial charge in [0.2, 0.25) is 0 Å². The van der Waals surface area contributed by atoms with E-state index in [4.69, 9.17) is 4.74 Å². The number of hydrogen-bond acceptors (Lipinski definition) is 3. The van der Waals surface area contributed by atoms with Gasteiger partial charge in [-0.1, -0.05) is 6.07 Å². The molecule has 0 unspecified atom stereocenters. The Balaban J connectivity index is 1.74. The molecule has 1 amide bonds. The van der Waals surface area contributed by atoms with Gasteiger partial charge in [0.15, 0.2) is 0 Å². The fourth-order valence-electron chi connectivity index (χ4n) is 2.89. The molecule has 5 nitrogen and oxygen atoms in total. The Labute approximate surface area is 127 Å². The molecule has 1 saturated heterocycles. The Morgan fingerprint density at radius 1 is 1.32 bits per heavy atom. The first kappa shape index (κ1) is 14.6. The lowest BCUT2D eigenvalue weighted by Gasteiger charge is -2.30. The van der Waals surface area contributed by atoms with Gasteiger partial charge in [-0.3, -0.25) is 9.59 Å². The van der Waals surface area contributed by atoms with E-state index in [2.05, 4.69) is 4.98 Å². The summed E-state index contributed by atoms with van der Waals surface area (Å²) >= 11 is 0. The third-order valence-electron chi connectivity index (χ3n) is 4.16. The molecule has 6 heteroatoms. The number of piperidine rings is 1. The number of benzene rings is 1. The number of likely N-dealkylation sites (tertiary alicyclic amines) is 1. The SMILES string of the molecule is COC(=O)C1CCN(C(=O)c2cc3c(F)cccc3[nH]2)CC1. The van der Waals surface area contributed by atoms with Gasteiger partial charge in [0.25, 0.3) is 5.91 Å². The molecule has 1 aliphatic heterocycles. The number of aromatic amines is 1. The number of carbonyl (C=O) groups is 2. The number of carbonyl (C=O) groups excluding carboxylic acids is 2. The Morgan fingerprint density at radius 2 is 2.05 bits per heavy atom. The number of nitrogens with zero attached hydrogens (tertiary/aromatic N) is 1. The highest BCUT2D eigenvalue weighted by atomic mass is 19.1. The van der Waals surface area contributed by atoms with E-state index in [-0.39, 0.29) is 23.6 Å². The van der Waals surface area contributed by atoms with Gasteiger partial charge in [-0.2, -0.15) is 0 Å². The molecule has 1 aromatic carbocycles. The first-order chi connectivity index (χ1) is 10.6. The second-order valence-electron chi connectivity index (χ2n) is 5.47. The van der Waals surface area contributed by atoms with Gasteiger partial charge in [-0.05, 0) is 31.0 Å². The van der Waals surface area contributed by atoms with Gasteiger partial charge in [-0.25, -0.2) is 4.39 Å². The minimum Gasteiger partial charge on any atom is -0.469 e. The van der Waals surface area contributed by atoms with Gasteiger partial charge < -0.3 is 14.6 Å². The summed E-state index contributed by atoms with van der Waals surface area (Å²) in [4.78, 5) is 28.6. The maximum atomic E-state index is 13.7. The largest absolute Gasteiger partial charge is 0.469 e. The van der Waals surface area contributed by atoms with E-state index in [1.807, 2.05) is 0 Å². The predicted octanol–water partition coefficient (Wildman–Crippen LogP) is 2.33. The zero-order valence-electron chi connectivity index (χ0n) is 12.3. The Morgan fingerprint density at radius 3 is 2.68 bits per heavy atom. The van der Waals surface area contributed by atoms with Crippen LogP contribution in [-0.4, -0.2) is 42.0 Å². The van der Waals surface area contributed by atoms with Crippen molar-refractivity contribution in [2.45, 2.75) is 12.8 Å². The van der Waals surface area contributed by atoms with Crippen molar-refractivity contribution in [3.8, 4) is 0 Å². The van der Waals surface area contributed by atoms with E-state index in [9.17, 15) is 14.0 Å². The van der Waals surface area contributed by atoms with Crippen molar-refractivity contribution in [3.05, 3.63) is 35.8 Å². The number of ether oxygens (including phenoxy) is 1. The summed E-state index contributed by atoms with van der Waals surface area (Å²) in [6.45, 7) is 0.993. The van der Waals surface area contributed by atoms with E-state index < -0.39 is 0 Å². The highest BCUT2D eigenvalue weighted by molar-refractivity contribution is 5.98.